The Labute approximate surface area is 105 Å². The molecule has 0 aliphatic carbocycles. The van der Waals surface area contributed by atoms with E-state index in [1.807, 2.05) is 38.1 Å². The first-order chi connectivity index (χ1) is 8.20. The molecule has 2 rings (SSSR count). The van der Waals surface area contributed by atoms with Gasteiger partial charge in [-0.1, -0.05) is 19.1 Å². The maximum Gasteiger partial charge on any atom is 0.132 e. The Morgan fingerprint density at radius 2 is 2.06 bits per heavy atom. The average Bonchev–Trinajstić information content (AvgIpc) is 2.73. The summed E-state index contributed by atoms with van der Waals surface area (Å²) in [6.45, 7) is 5.69. The van der Waals surface area contributed by atoms with Gasteiger partial charge in [0.2, 0.25) is 0 Å². The van der Waals surface area contributed by atoms with Crippen molar-refractivity contribution >= 4 is 11.3 Å². The number of thiophene rings is 1. The van der Waals surface area contributed by atoms with Crippen LogP contribution in [0.4, 0.5) is 4.39 Å². The van der Waals surface area contributed by atoms with E-state index in [1.54, 1.807) is 17.4 Å². The number of halogens is 1. The third-order valence-corrected chi connectivity index (χ3v) is 3.65. The molecular formula is C14H16FNS. The predicted molar refractivity (Wildman–Crippen MR) is 71.8 cm³/mol. The number of hydrogen-bond donors (Lipinski definition) is 1. The van der Waals surface area contributed by atoms with Crippen LogP contribution in [0.2, 0.25) is 0 Å². The lowest BCUT2D eigenvalue weighted by atomic mass is 10.1. The molecule has 0 aliphatic heterocycles. The molecule has 0 spiro atoms. The molecule has 0 bridgehead atoms. The van der Waals surface area contributed by atoms with Crippen LogP contribution < -0.4 is 5.32 Å². The highest BCUT2D eigenvalue weighted by Gasteiger charge is 2.07. The summed E-state index contributed by atoms with van der Waals surface area (Å²) in [5.74, 6) is -0.137. The minimum absolute atomic E-state index is 0.137. The Morgan fingerprint density at radius 1 is 1.24 bits per heavy atom. The lowest BCUT2D eigenvalue weighted by Gasteiger charge is -2.05. The first-order valence-corrected chi connectivity index (χ1v) is 6.58. The van der Waals surface area contributed by atoms with E-state index in [1.165, 1.54) is 4.88 Å². The van der Waals surface area contributed by atoms with Gasteiger partial charge in [-0.15, -0.1) is 11.3 Å². The van der Waals surface area contributed by atoms with E-state index in [9.17, 15) is 4.39 Å². The molecule has 0 amide bonds. The number of hydrogen-bond acceptors (Lipinski definition) is 2. The molecule has 0 aliphatic rings. The molecule has 17 heavy (non-hydrogen) atoms. The zero-order valence-electron chi connectivity index (χ0n) is 10.1. The fourth-order valence-electron chi connectivity index (χ4n) is 1.72. The second-order valence-corrected chi connectivity index (χ2v) is 5.29. The van der Waals surface area contributed by atoms with Gasteiger partial charge in [-0.3, -0.25) is 0 Å². The number of aryl methyl sites for hydroxylation is 1. The summed E-state index contributed by atoms with van der Waals surface area (Å²) in [6.07, 6.45) is 0. The largest absolute Gasteiger partial charge is 0.313 e. The van der Waals surface area contributed by atoms with Gasteiger partial charge in [0.15, 0.2) is 0 Å². The summed E-state index contributed by atoms with van der Waals surface area (Å²) in [5.41, 5.74) is 1.68. The molecule has 90 valence electrons. The van der Waals surface area contributed by atoms with Crippen molar-refractivity contribution in [3.63, 3.8) is 0 Å². The Hall–Kier alpha value is -1.19. The zero-order chi connectivity index (χ0) is 12.3. The fraction of sp³-hybridized carbons (Fsp3) is 0.286. The molecule has 1 heterocycles. The van der Waals surface area contributed by atoms with Crippen molar-refractivity contribution in [2.75, 3.05) is 6.54 Å². The third-order valence-electron chi connectivity index (χ3n) is 2.62. The molecule has 1 aromatic carbocycles. The normalized spacial score (nSPS) is 10.8. The van der Waals surface area contributed by atoms with Crippen LogP contribution in [0, 0.1) is 12.7 Å². The molecule has 2 aromatic rings. The number of rotatable bonds is 4. The van der Waals surface area contributed by atoms with Crippen LogP contribution in [0.5, 0.6) is 0 Å². The highest BCUT2D eigenvalue weighted by atomic mass is 32.1. The topological polar surface area (TPSA) is 12.0 Å². The summed E-state index contributed by atoms with van der Waals surface area (Å²) in [4.78, 5) is 2.20. The number of benzene rings is 1. The van der Waals surface area contributed by atoms with Crippen LogP contribution in [0.25, 0.3) is 10.4 Å². The monoisotopic (exact) mass is 249 g/mol. The van der Waals surface area contributed by atoms with Crippen molar-refractivity contribution in [1.82, 2.24) is 5.32 Å². The first kappa shape index (κ1) is 12.3. The summed E-state index contributed by atoms with van der Waals surface area (Å²) in [6, 6.07) is 9.46. The van der Waals surface area contributed by atoms with E-state index in [4.69, 9.17) is 0 Å². The van der Waals surface area contributed by atoms with Gasteiger partial charge in [-0.25, -0.2) is 4.39 Å². The van der Waals surface area contributed by atoms with E-state index in [0.29, 0.717) is 5.56 Å². The molecule has 0 fully saturated rings. The zero-order valence-corrected chi connectivity index (χ0v) is 10.9. The molecular weight excluding hydrogens is 233 g/mol. The van der Waals surface area contributed by atoms with Crippen molar-refractivity contribution < 1.29 is 4.39 Å². The SMILES string of the molecule is CCNCc1ccc(-c2ccc(C)s2)c(F)c1. The van der Waals surface area contributed by atoms with Crippen molar-refractivity contribution in [3.8, 4) is 10.4 Å². The molecule has 1 N–H and O–H groups in total. The Balaban J connectivity index is 2.25. The van der Waals surface area contributed by atoms with Crippen molar-refractivity contribution in [2.45, 2.75) is 20.4 Å². The maximum absolute atomic E-state index is 14.0. The van der Waals surface area contributed by atoms with Crippen LogP contribution in [-0.4, -0.2) is 6.54 Å². The van der Waals surface area contributed by atoms with Crippen LogP contribution >= 0.6 is 11.3 Å². The number of nitrogens with one attached hydrogen (secondary N) is 1. The minimum Gasteiger partial charge on any atom is -0.313 e. The fourth-order valence-corrected chi connectivity index (χ4v) is 2.61. The van der Waals surface area contributed by atoms with Crippen molar-refractivity contribution in [2.24, 2.45) is 0 Å². The smallest absolute Gasteiger partial charge is 0.132 e. The predicted octanol–water partition coefficient (Wildman–Crippen LogP) is 3.97. The van der Waals surface area contributed by atoms with Gasteiger partial charge >= 0.3 is 0 Å². The van der Waals surface area contributed by atoms with Gasteiger partial charge < -0.3 is 5.32 Å². The maximum atomic E-state index is 14.0. The van der Waals surface area contributed by atoms with Gasteiger partial charge in [0.25, 0.3) is 0 Å². The van der Waals surface area contributed by atoms with Crippen LogP contribution in [0.1, 0.15) is 17.4 Å². The van der Waals surface area contributed by atoms with Gasteiger partial charge in [-0.05, 0) is 37.2 Å². The van der Waals surface area contributed by atoms with E-state index >= 15 is 0 Å². The summed E-state index contributed by atoms with van der Waals surface area (Å²) in [5, 5.41) is 3.19. The lowest BCUT2D eigenvalue weighted by molar-refractivity contribution is 0.625. The van der Waals surface area contributed by atoms with Gasteiger partial charge in [0.05, 0.1) is 0 Å². The molecule has 0 radical (unpaired) electrons. The molecule has 0 atom stereocenters. The molecule has 0 saturated carbocycles. The first-order valence-electron chi connectivity index (χ1n) is 5.76. The summed E-state index contributed by atoms with van der Waals surface area (Å²) in [7, 11) is 0. The minimum atomic E-state index is -0.137. The van der Waals surface area contributed by atoms with Crippen LogP contribution in [0.15, 0.2) is 30.3 Å². The average molecular weight is 249 g/mol. The van der Waals surface area contributed by atoms with Crippen LogP contribution in [-0.2, 0) is 6.54 Å². The third kappa shape index (κ3) is 2.93. The quantitative estimate of drug-likeness (QED) is 0.864. The van der Waals surface area contributed by atoms with Crippen molar-refractivity contribution in [3.05, 3.63) is 46.6 Å². The molecule has 3 heteroatoms. The van der Waals surface area contributed by atoms with Gasteiger partial charge in [0.1, 0.15) is 5.82 Å². The highest BCUT2D eigenvalue weighted by Crippen LogP contribution is 2.30. The molecule has 0 saturated heterocycles. The Kier molecular flexibility index (Phi) is 3.92. The van der Waals surface area contributed by atoms with E-state index in [-0.39, 0.29) is 5.82 Å². The van der Waals surface area contributed by atoms with Gasteiger partial charge in [0, 0.05) is 21.9 Å². The second kappa shape index (κ2) is 5.43. The molecule has 1 nitrogen and oxygen atoms in total. The molecule has 1 aromatic heterocycles. The summed E-state index contributed by atoms with van der Waals surface area (Å²) < 4.78 is 14.0. The Bertz CT molecular complexity index is 505. The lowest BCUT2D eigenvalue weighted by Crippen LogP contribution is -2.11. The van der Waals surface area contributed by atoms with E-state index in [0.717, 1.165) is 23.5 Å². The van der Waals surface area contributed by atoms with Gasteiger partial charge in [-0.2, -0.15) is 0 Å². The second-order valence-electron chi connectivity index (χ2n) is 4.00. The van der Waals surface area contributed by atoms with E-state index in [2.05, 4.69) is 5.32 Å². The van der Waals surface area contributed by atoms with E-state index < -0.39 is 0 Å². The molecule has 0 unspecified atom stereocenters. The van der Waals surface area contributed by atoms with Crippen molar-refractivity contribution in [1.29, 1.82) is 0 Å². The highest BCUT2D eigenvalue weighted by molar-refractivity contribution is 7.15. The Morgan fingerprint density at radius 3 is 2.65 bits per heavy atom. The summed E-state index contributed by atoms with van der Waals surface area (Å²) >= 11 is 1.62. The standard InChI is InChI=1S/C14H16FNS/c1-3-16-9-11-5-6-12(13(15)8-11)14-7-4-10(2)17-14/h4-8,16H,3,9H2,1-2H3. The van der Waals surface area contributed by atoms with Crippen LogP contribution in [0.3, 0.4) is 0 Å².